The van der Waals surface area contributed by atoms with Gasteiger partial charge in [0.1, 0.15) is 5.02 Å². The molecule has 0 radical (unpaired) electrons. The zero-order chi connectivity index (χ0) is 16.4. The van der Waals surface area contributed by atoms with Gasteiger partial charge in [-0.1, -0.05) is 11.6 Å². The van der Waals surface area contributed by atoms with Crippen LogP contribution >= 0.6 is 11.6 Å². The first-order valence-corrected chi connectivity index (χ1v) is 7.55. The first-order chi connectivity index (χ1) is 11.1. The van der Waals surface area contributed by atoms with Gasteiger partial charge in [0.2, 0.25) is 5.88 Å². The monoisotopic (exact) mass is 336 g/mol. The minimum atomic E-state index is -0.287. The lowest BCUT2D eigenvalue weighted by molar-refractivity contribution is 0.395. The van der Waals surface area contributed by atoms with Gasteiger partial charge >= 0.3 is 0 Å². The lowest BCUT2D eigenvalue weighted by Crippen LogP contribution is -2.47. The van der Waals surface area contributed by atoms with Crippen molar-refractivity contribution in [2.45, 2.75) is 0 Å². The van der Waals surface area contributed by atoms with Crippen molar-refractivity contribution in [2.75, 3.05) is 43.1 Å². The van der Waals surface area contributed by atoms with Gasteiger partial charge in [-0.25, -0.2) is 4.68 Å². The average molecular weight is 337 g/mol. The van der Waals surface area contributed by atoms with Crippen molar-refractivity contribution in [3.63, 3.8) is 0 Å². The fourth-order valence-electron chi connectivity index (χ4n) is 2.49. The second kappa shape index (κ2) is 6.41. The topological polar surface area (TPSA) is 76.4 Å². The molecule has 23 heavy (non-hydrogen) atoms. The van der Waals surface area contributed by atoms with E-state index in [1.165, 1.54) is 4.68 Å². The summed E-state index contributed by atoms with van der Waals surface area (Å²) in [4.78, 5) is 24.6. The van der Waals surface area contributed by atoms with Crippen LogP contribution in [0.2, 0.25) is 5.02 Å². The Morgan fingerprint density at radius 1 is 1.13 bits per heavy atom. The molecule has 2 aromatic heterocycles. The van der Waals surface area contributed by atoms with Crippen molar-refractivity contribution < 1.29 is 4.74 Å². The van der Waals surface area contributed by atoms with E-state index in [-0.39, 0.29) is 10.6 Å². The summed E-state index contributed by atoms with van der Waals surface area (Å²) in [7, 11) is 3.15. The highest BCUT2D eigenvalue weighted by Gasteiger charge is 2.22. The SMILES string of the molecule is COc1cncc(N2CCN(c3cnn(C)c(=O)c3Cl)CC2)n1. The average Bonchev–Trinajstić information content (AvgIpc) is 2.60. The molecule has 0 spiro atoms. The largest absolute Gasteiger partial charge is 0.480 e. The van der Waals surface area contributed by atoms with Crippen LogP contribution < -0.4 is 20.1 Å². The second-order valence-electron chi connectivity index (χ2n) is 5.17. The number of rotatable bonds is 3. The third-order valence-corrected chi connectivity index (χ3v) is 4.17. The number of aromatic nitrogens is 4. The molecule has 0 unspecified atom stereocenters. The first kappa shape index (κ1) is 15.5. The predicted octanol–water partition coefficient (Wildman–Crippen LogP) is 0.559. The van der Waals surface area contributed by atoms with E-state index in [1.807, 2.05) is 0 Å². The molecule has 8 nitrogen and oxygen atoms in total. The third-order valence-electron chi connectivity index (χ3n) is 3.81. The highest BCUT2D eigenvalue weighted by molar-refractivity contribution is 6.33. The number of piperazine rings is 1. The Morgan fingerprint density at radius 2 is 1.83 bits per heavy atom. The molecule has 3 heterocycles. The Morgan fingerprint density at radius 3 is 2.52 bits per heavy atom. The molecule has 1 aliphatic rings. The van der Waals surface area contributed by atoms with Crippen molar-refractivity contribution in [3.8, 4) is 5.88 Å². The Hall–Kier alpha value is -2.35. The highest BCUT2D eigenvalue weighted by atomic mass is 35.5. The predicted molar refractivity (Wildman–Crippen MR) is 87.5 cm³/mol. The number of hydrogen-bond acceptors (Lipinski definition) is 7. The number of hydrogen-bond donors (Lipinski definition) is 0. The summed E-state index contributed by atoms with van der Waals surface area (Å²) in [6.07, 6.45) is 4.92. The zero-order valence-electron chi connectivity index (χ0n) is 12.9. The molecule has 3 rings (SSSR count). The van der Waals surface area contributed by atoms with Gasteiger partial charge in [-0.3, -0.25) is 9.78 Å². The van der Waals surface area contributed by atoms with Crippen molar-refractivity contribution in [3.05, 3.63) is 34.0 Å². The molecule has 0 saturated carbocycles. The van der Waals surface area contributed by atoms with Gasteiger partial charge in [0, 0.05) is 33.2 Å². The molecule has 0 aromatic carbocycles. The number of methoxy groups -OCH3 is 1. The first-order valence-electron chi connectivity index (χ1n) is 7.18. The molecule has 0 atom stereocenters. The van der Waals surface area contributed by atoms with E-state index in [9.17, 15) is 4.79 Å². The molecule has 0 bridgehead atoms. The van der Waals surface area contributed by atoms with Crippen molar-refractivity contribution >= 4 is 23.1 Å². The van der Waals surface area contributed by atoms with Crippen LogP contribution in [0.3, 0.4) is 0 Å². The molecule has 0 N–H and O–H groups in total. The van der Waals surface area contributed by atoms with Crippen LogP contribution in [0.1, 0.15) is 0 Å². The number of anilines is 2. The van der Waals surface area contributed by atoms with Crippen LogP contribution in [0.5, 0.6) is 5.88 Å². The fourth-order valence-corrected chi connectivity index (χ4v) is 2.78. The molecule has 0 aliphatic carbocycles. The van der Waals surface area contributed by atoms with Crippen LogP contribution in [0.4, 0.5) is 11.5 Å². The van der Waals surface area contributed by atoms with Crippen molar-refractivity contribution in [1.29, 1.82) is 0 Å². The minimum Gasteiger partial charge on any atom is -0.480 e. The number of nitrogens with zero attached hydrogens (tertiary/aromatic N) is 6. The summed E-state index contributed by atoms with van der Waals surface area (Å²) < 4.78 is 6.33. The van der Waals surface area contributed by atoms with Gasteiger partial charge in [0.05, 0.1) is 31.4 Å². The smallest absolute Gasteiger partial charge is 0.287 e. The quantitative estimate of drug-likeness (QED) is 0.810. The fraction of sp³-hybridized carbons (Fsp3) is 0.429. The highest BCUT2D eigenvalue weighted by Crippen LogP contribution is 2.23. The summed E-state index contributed by atoms with van der Waals surface area (Å²) >= 11 is 6.16. The molecule has 122 valence electrons. The normalized spacial score (nSPS) is 14.9. The molecular formula is C14H17ClN6O2. The minimum absolute atomic E-state index is 0.206. The summed E-state index contributed by atoms with van der Waals surface area (Å²) in [5.41, 5.74) is 0.386. The van der Waals surface area contributed by atoms with Crippen LogP contribution in [0.15, 0.2) is 23.4 Å². The summed E-state index contributed by atoms with van der Waals surface area (Å²) in [5.74, 6) is 1.26. The molecule has 1 saturated heterocycles. The van der Waals surface area contributed by atoms with Crippen molar-refractivity contribution in [2.24, 2.45) is 7.05 Å². The van der Waals surface area contributed by atoms with E-state index in [1.54, 1.807) is 32.7 Å². The third kappa shape index (κ3) is 3.07. The summed E-state index contributed by atoms with van der Waals surface area (Å²) in [5, 5.41) is 4.25. The Balaban J connectivity index is 1.73. The van der Waals surface area contributed by atoms with E-state index < -0.39 is 0 Å². The van der Waals surface area contributed by atoms with E-state index in [0.29, 0.717) is 24.7 Å². The summed E-state index contributed by atoms with van der Waals surface area (Å²) in [6, 6.07) is 0. The van der Waals surface area contributed by atoms with E-state index in [0.717, 1.165) is 18.9 Å². The number of aryl methyl sites for hydroxylation is 1. The Kier molecular flexibility index (Phi) is 4.33. The van der Waals surface area contributed by atoms with Crippen LogP contribution in [0, 0.1) is 0 Å². The molecule has 1 aliphatic heterocycles. The molecule has 2 aromatic rings. The standard InChI is InChI=1S/C14H17ClN6O2/c1-19-14(22)13(15)10(7-17-19)20-3-5-21(6-4-20)11-8-16-9-12(18-11)23-2/h7-9H,3-6H2,1-2H3. The van der Waals surface area contributed by atoms with Crippen molar-refractivity contribution in [1.82, 2.24) is 19.7 Å². The van der Waals surface area contributed by atoms with Gasteiger partial charge in [-0.05, 0) is 0 Å². The van der Waals surface area contributed by atoms with Crippen LogP contribution in [-0.2, 0) is 7.05 Å². The van der Waals surface area contributed by atoms with Gasteiger partial charge in [0.15, 0.2) is 5.82 Å². The lowest BCUT2D eigenvalue weighted by Gasteiger charge is -2.36. The van der Waals surface area contributed by atoms with Crippen LogP contribution in [0.25, 0.3) is 0 Å². The lowest BCUT2D eigenvalue weighted by atomic mass is 10.3. The van der Waals surface area contributed by atoms with E-state index in [4.69, 9.17) is 16.3 Å². The maximum Gasteiger partial charge on any atom is 0.287 e. The molecule has 1 fully saturated rings. The van der Waals surface area contributed by atoms with E-state index >= 15 is 0 Å². The number of halogens is 1. The van der Waals surface area contributed by atoms with Gasteiger partial charge in [0.25, 0.3) is 5.56 Å². The Labute approximate surface area is 138 Å². The van der Waals surface area contributed by atoms with Gasteiger partial charge in [-0.2, -0.15) is 10.1 Å². The maximum absolute atomic E-state index is 11.9. The molecule has 9 heteroatoms. The second-order valence-corrected chi connectivity index (χ2v) is 5.54. The molecular weight excluding hydrogens is 320 g/mol. The summed E-state index contributed by atoms with van der Waals surface area (Å²) in [6.45, 7) is 2.92. The van der Waals surface area contributed by atoms with E-state index in [2.05, 4.69) is 24.9 Å². The van der Waals surface area contributed by atoms with Gasteiger partial charge < -0.3 is 14.5 Å². The zero-order valence-corrected chi connectivity index (χ0v) is 13.7. The maximum atomic E-state index is 11.9. The number of ether oxygens (including phenoxy) is 1. The van der Waals surface area contributed by atoms with Gasteiger partial charge in [-0.15, -0.1) is 0 Å². The Bertz CT molecular complexity index is 757. The van der Waals surface area contributed by atoms with Crippen LogP contribution in [-0.4, -0.2) is 53.0 Å². The molecule has 0 amide bonds.